The zero-order valence-corrected chi connectivity index (χ0v) is 9.36. The highest BCUT2D eigenvalue weighted by atomic mass is 35.5. The molecule has 4 nitrogen and oxygen atoms in total. The van der Waals surface area contributed by atoms with Gasteiger partial charge in [0.05, 0.1) is 17.9 Å². The molecule has 0 bridgehead atoms. The summed E-state index contributed by atoms with van der Waals surface area (Å²) in [6.07, 6.45) is 1.65. The molecule has 0 saturated carbocycles. The molecule has 15 heavy (non-hydrogen) atoms. The maximum atomic E-state index is 5.70. The van der Waals surface area contributed by atoms with Gasteiger partial charge in [-0.2, -0.15) is 5.10 Å². The van der Waals surface area contributed by atoms with Gasteiger partial charge in [-0.1, -0.05) is 0 Å². The van der Waals surface area contributed by atoms with Gasteiger partial charge < -0.3 is 0 Å². The van der Waals surface area contributed by atoms with Crippen LogP contribution in [0.5, 0.6) is 0 Å². The average molecular weight is 223 g/mol. The highest BCUT2D eigenvalue weighted by molar-refractivity contribution is 6.28. The van der Waals surface area contributed by atoms with Crippen molar-refractivity contribution in [3.05, 3.63) is 40.7 Å². The molecule has 2 aromatic heterocycles. The summed E-state index contributed by atoms with van der Waals surface area (Å²) in [7, 11) is 0. The second-order valence-electron chi connectivity index (χ2n) is 3.40. The largest absolute Gasteiger partial charge is 0.264 e. The van der Waals surface area contributed by atoms with Crippen molar-refractivity contribution in [2.75, 3.05) is 0 Å². The minimum Gasteiger partial charge on any atom is -0.264 e. The number of aromatic nitrogens is 4. The van der Waals surface area contributed by atoms with Crippen molar-refractivity contribution in [2.45, 2.75) is 20.4 Å². The molecular formula is C10H11ClN4. The topological polar surface area (TPSA) is 43.6 Å². The molecular weight excluding hydrogens is 212 g/mol. The van der Waals surface area contributed by atoms with Crippen molar-refractivity contribution >= 4 is 11.6 Å². The van der Waals surface area contributed by atoms with Crippen LogP contribution in [0.3, 0.4) is 0 Å². The summed E-state index contributed by atoms with van der Waals surface area (Å²) in [4.78, 5) is 7.95. The highest BCUT2D eigenvalue weighted by Crippen LogP contribution is 2.06. The van der Waals surface area contributed by atoms with Gasteiger partial charge in [0.15, 0.2) is 0 Å². The van der Waals surface area contributed by atoms with E-state index >= 15 is 0 Å². The number of rotatable bonds is 2. The molecule has 78 valence electrons. The fraction of sp³-hybridized carbons (Fsp3) is 0.300. The molecule has 0 spiro atoms. The van der Waals surface area contributed by atoms with Crippen LogP contribution in [-0.4, -0.2) is 19.7 Å². The summed E-state index contributed by atoms with van der Waals surface area (Å²) in [6.45, 7) is 4.61. The predicted molar refractivity (Wildman–Crippen MR) is 57.8 cm³/mol. The number of hydrogen-bond acceptors (Lipinski definition) is 3. The third-order valence-electron chi connectivity index (χ3n) is 2.10. The third kappa shape index (κ3) is 2.33. The lowest BCUT2D eigenvalue weighted by atomic mass is 10.4. The second-order valence-corrected chi connectivity index (χ2v) is 3.74. The molecule has 5 heteroatoms. The van der Waals surface area contributed by atoms with Gasteiger partial charge in [0.1, 0.15) is 0 Å². The van der Waals surface area contributed by atoms with Gasteiger partial charge in [-0.15, -0.1) is 0 Å². The maximum Gasteiger partial charge on any atom is 0.222 e. The Morgan fingerprint density at radius 2 is 2.20 bits per heavy atom. The molecule has 0 unspecified atom stereocenters. The standard InChI is InChI=1S/C10H11ClN4/c1-7-5-8(2)15(14-7)6-9-3-4-12-10(11)13-9/h3-5H,6H2,1-2H3. The zero-order valence-electron chi connectivity index (χ0n) is 8.61. The number of hydrogen-bond donors (Lipinski definition) is 0. The van der Waals surface area contributed by atoms with Crippen LogP contribution in [-0.2, 0) is 6.54 Å². The van der Waals surface area contributed by atoms with E-state index < -0.39 is 0 Å². The second kappa shape index (κ2) is 3.98. The van der Waals surface area contributed by atoms with E-state index in [9.17, 15) is 0 Å². The molecule has 0 N–H and O–H groups in total. The Morgan fingerprint density at radius 3 is 2.80 bits per heavy atom. The monoisotopic (exact) mass is 222 g/mol. The van der Waals surface area contributed by atoms with Gasteiger partial charge in [0.2, 0.25) is 5.28 Å². The summed E-state index contributed by atoms with van der Waals surface area (Å²) in [5.41, 5.74) is 2.98. The smallest absolute Gasteiger partial charge is 0.222 e. The summed E-state index contributed by atoms with van der Waals surface area (Å²) >= 11 is 5.70. The van der Waals surface area contributed by atoms with Gasteiger partial charge in [0, 0.05) is 11.9 Å². The Labute approximate surface area is 92.9 Å². The fourth-order valence-electron chi connectivity index (χ4n) is 1.45. The summed E-state index contributed by atoms with van der Waals surface area (Å²) in [6, 6.07) is 3.87. The first kappa shape index (κ1) is 10.1. The van der Waals surface area contributed by atoms with Crippen LogP contribution in [0.1, 0.15) is 17.1 Å². The Bertz CT molecular complexity index is 478. The Morgan fingerprint density at radius 1 is 1.40 bits per heavy atom. The van der Waals surface area contributed by atoms with E-state index in [0.29, 0.717) is 6.54 Å². The van der Waals surface area contributed by atoms with Crippen LogP contribution in [0.2, 0.25) is 5.28 Å². The SMILES string of the molecule is Cc1cc(C)n(Cc2ccnc(Cl)n2)n1. The molecule has 2 rings (SSSR count). The Hall–Kier alpha value is -1.42. The minimum absolute atomic E-state index is 0.272. The predicted octanol–water partition coefficient (Wildman–Crippen LogP) is 1.99. The lowest BCUT2D eigenvalue weighted by molar-refractivity contribution is 0.645. The highest BCUT2D eigenvalue weighted by Gasteiger charge is 2.03. The number of halogens is 1. The Kier molecular flexibility index (Phi) is 2.68. The van der Waals surface area contributed by atoms with Crippen LogP contribution < -0.4 is 0 Å². The molecule has 0 saturated heterocycles. The molecule has 2 aromatic rings. The first-order valence-electron chi connectivity index (χ1n) is 4.63. The quantitative estimate of drug-likeness (QED) is 0.730. The van der Waals surface area contributed by atoms with Crippen LogP contribution in [0.4, 0.5) is 0 Å². The van der Waals surface area contributed by atoms with Gasteiger partial charge in [-0.25, -0.2) is 9.97 Å². The molecule has 0 radical (unpaired) electrons. The van der Waals surface area contributed by atoms with Crippen molar-refractivity contribution in [1.82, 2.24) is 19.7 Å². The van der Waals surface area contributed by atoms with Gasteiger partial charge in [-0.3, -0.25) is 4.68 Å². The van der Waals surface area contributed by atoms with E-state index in [1.165, 1.54) is 0 Å². The first-order chi connectivity index (χ1) is 7.15. The minimum atomic E-state index is 0.272. The molecule has 0 aliphatic carbocycles. The molecule has 0 aliphatic heterocycles. The van der Waals surface area contributed by atoms with Crippen molar-refractivity contribution in [1.29, 1.82) is 0 Å². The molecule has 0 fully saturated rings. The van der Waals surface area contributed by atoms with Crippen LogP contribution in [0.25, 0.3) is 0 Å². The van der Waals surface area contributed by atoms with Crippen LogP contribution >= 0.6 is 11.6 Å². The molecule has 0 aromatic carbocycles. The van der Waals surface area contributed by atoms with Crippen molar-refractivity contribution in [3.8, 4) is 0 Å². The molecule has 2 heterocycles. The first-order valence-corrected chi connectivity index (χ1v) is 5.01. The molecule has 0 atom stereocenters. The Balaban J connectivity index is 2.25. The number of nitrogens with zero attached hydrogens (tertiary/aromatic N) is 4. The van der Waals surface area contributed by atoms with Crippen LogP contribution in [0, 0.1) is 13.8 Å². The van der Waals surface area contributed by atoms with Crippen molar-refractivity contribution in [3.63, 3.8) is 0 Å². The average Bonchev–Trinajstić information content (AvgIpc) is 2.45. The summed E-state index contributed by atoms with van der Waals surface area (Å²) in [5.74, 6) is 0. The van der Waals surface area contributed by atoms with Gasteiger partial charge >= 0.3 is 0 Å². The van der Waals surface area contributed by atoms with E-state index in [0.717, 1.165) is 17.1 Å². The van der Waals surface area contributed by atoms with E-state index in [1.807, 2.05) is 30.7 Å². The lowest BCUT2D eigenvalue weighted by Gasteiger charge is -2.03. The summed E-state index contributed by atoms with van der Waals surface area (Å²) in [5, 5.41) is 4.62. The van der Waals surface area contributed by atoms with Crippen molar-refractivity contribution in [2.24, 2.45) is 0 Å². The van der Waals surface area contributed by atoms with Crippen molar-refractivity contribution < 1.29 is 0 Å². The van der Waals surface area contributed by atoms with E-state index in [2.05, 4.69) is 15.1 Å². The van der Waals surface area contributed by atoms with E-state index in [1.54, 1.807) is 6.20 Å². The fourth-order valence-corrected chi connectivity index (χ4v) is 1.61. The zero-order chi connectivity index (χ0) is 10.8. The molecule has 0 aliphatic rings. The summed E-state index contributed by atoms with van der Waals surface area (Å²) < 4.78 is 1.90. The van der Waals surface area contributed by atoms with E-state index in [4.69, 9.17) is 11.6 Å². The lowest BCUT2D eigenvalue weighted by Crippen LogP contribution is -2.05. The normalized spacial score (nSPS) is 10.6. The third-order valence-corrected chi connectivity index (χ3v) is 2.28. The molecule has 0 amide bonds. The number of aryl methyl sites for hydroxylation is 2. The van der Waals surface area contributed by atoms with Gasteiger partial charge in [0.25, 0.3) is 0 Å². The maximum absolute atomic E-state index is 5.70. The van der Waals surface area contributed by atoms with Crippen LogP contribution in [0.15, 0.2) is 18.3 Å². The van der Waals surface area contributed by atoms with Gasteiger partial charge in [-0.05, 0) is 37.6 Å². The van der Waals surface area contributed by atoms with E-state index in [-0.39, 0.29) is 5.28 Å².